The van der Waals surface area contributed by atoms with Crippen LogP contribution in [0.25, 0.3) is 0 Å². The van der Waals surface area contributed by atoms with Crippen LogP contribution in [0.1, 0.15) is 34.1 Å². The average Bonchev–Trinajstić information content (AvgIpc) is 1.98. The molecule has 0 spiro atoms. The molecule has 0 fully saturated rings. The first-order valence-corrected chi connectivity index (χ1v) is 5.02. The summed E-state index contributed by atoms with van der Waals surface area (Å²) in [5.74, 6) is -1.06. The van der Waals surface area contributed by atoms with E-state index in [0.29, 0.717) is 0 Å². The molecule has 5 heteroatoms. The fourth-order valence-corrected chi connectivity index (χ4v) is 1.02. The third-order valence-corrected chi connectivity index (χ3v) is 1.62. The Labute approximate surface area is 95.5 Å². The molecule has 0 aliphatic rings. The molecule has 0 aliphatic heterocycles. The predicted molar refractivity (Wildman–Crippen MR) is 60.2 cm³/mol. The van der Waals surface area contributed by atoms with Crippen LogP contribution in [-0.4, -0.2) is 28.8 Å². The number of hydrogen-bond acceptors (Lipinski definition) is 3. The molecular weight excluding hydrogens is 210 g/mol. The summed E-state index contributed by atoms with van der Waals surface area (Å²) in [5.41, 5.74) is -0.503. The van der Waals surface area contributed by atoms with E-state index in [4.69, 9.17) is 9.84 Å². The van der Waals surface area contributed by atoms with Crippen molar-refractivity contribution >= 4 is 12.1 Å². The minimum atomic E-state index is -1.06. The van der Waals surface area contributed by atoms with E-state index in [0.717, 1.165) is 0 Å². The molecule has 5 nitrogen and oxygen atoms in total. The molecule has 0 rings (SSSR count). The van der Waals surface area contributed by atoms with Crippen molar-refractivity contribution in [1.29, 1.82) is 0 Å². The number of ether oxygens (including phenoxy) is 1. The number of alkyl carbamates (subject to hydrolysis) is 1. The van der Waals surface area contributed by atoms with Gasteiger partial charge < -0.3 is 15.2 Å². The Kier molecular flexibility index (Phi) is 5.01. The molecule has 0 aromatic carbocycles. The Bertz CT molecular complexity index is 291. The lowest BCUT2D eigenvalue weighted by Crippen LogP contribution is -2.38. The molecule has 92 valence electrons. The van der Waals surface area contributed by atoms with Gasteiger partial charge in [-0.25, -0.2) is 9.59 Å². The Morgan fingerprint density at radius 2 is 1.94 bits per heavy atom. The van der Waals surface area contributed by atoms with Crippen molar-refractivity contribution in [2.24, 2.45) is 0 Å². The molecule has 0 saturated heterocycles. The topological polar surface area (TPSA) is 75.6 Å². The second-order valence-corrected chi connectivity index (χ2v) is 4.66. The first kappa shape index (κ1) is 14.5. The van der Waals surface area contributed by atoms with Crippen molar-refractivity contribution in [3.8, 4) is 0 Å². The first-order valence-electron chi connectivity index (χ1n) is 5.02. The fourth-order valence-electron chi connectivity index (χ4n) is 1.02. The van der Waals surface area contributed by atoms with Crippen molar-refractivity contribution in [2.75, 3.05) is 0 Å². The summed E-state index contributed by atoms with van der Waals surface area (Å²) >= 11 is 0. The molecule has 0 heterocycles. The van der Waals surface area contributed by atoms with Crippen LogP contribution in [-0.2, 0) is 9.53 Å². The second kappa shape index (κ2) is 5.53. The van der Waals surface area contributed by atoms with Gasteiger partial charge >= 0.3 is 12.1 Å². The van der Waals surface area contributed by atoms with Gasteiger partial charge in [0.1, 0.15) is 5.60 Å². The predicted octanol–water partition coefficient (Wildman–Crippen LogP) is 1.93. The molecule has 0 bridgehead atoms. The maximum atomic E-state index is 11.3. The van der Waals surface area contributed by atoms with Gasteiger partial charge in [-0.1, -0.05) is 6.58 Å². The van der Waals surface area contributed by atoms with E-state index >= 15 is 0 Å². The van der Waals surface area contributed by atoms with E-state index in [1.807, 2.05) is 0 Å². The van der Waals surface area contributed by atoms with Crippen LogP contribution < -0.4 is 5.32 Å². The van der Waals surface area contributed by atoms with Gasteiger partial charge in [0.25, 0.3) is 0 Å². The number of amides is 1. The van der Waals surface area contributed by atoms with Gasteiger partial charge in [0.05, 0.1) is 0 Å². The lowest BCUT2D eigenvalue weighted by Gasteiger charge is -2.21. The van der Waals surface area contributed by atoms with Gasteiger partial charge in [0.15, 0.2) is 0 Å². The zero-order chi connectivity index (χ0) is 12.9. The summed E-state index contributed by atoms with van der Waals surface area (Å²) in [6.45, 7) is 10.3. The number of rotatable bonds is 4. The summed E-state index contributed by atoms with van der Waals surface area (Å²) in [5, 5.41) is 11.1. The van der Waals surface area contributed by atoms with Gasteiger partial charge in [-0.05, 0) is 34.1 Å². The van der Waals surface area contributed by atoms with Crippen LogP contribution in [0.3, 0.4) is 0 Å². The molecule has 0 radical (unpaired) electrons. The number of nitrogens with one attached hydrogen (secondary N) is 1. The molecule has 0 unspecified atom stereocenters. The molecule has 0 aromatic rings. The van der Waals surface area contributed by atoms with Gasteiger partial charge in [-0.15, -0.1) is 0 Å². The van der Waals surface area contributed by atoms with Crippen molar-refractivity contribution in [3.05, 3.63) is 12.2 Å². The average molecular weight is 229 g/mol. The zero-order valence-electron chi connectivity index (χ0n) is 10.2. The maximum absolute atomic E-state index is 11.3. The van der Waals surface area contributed by atoms with Gasteiger partial charge in [0.2, 0.25) is 0 Å². The molecule has 2 N–H and O–H groups in total. The van der Waals surface area contributed by atoms with E-state index in [1.165, 1.54) is 0 Å². The van der Waals surface area contributed by atoms with Crippen molar-refractivity contribution in [2.45, 2.75) is 45.8 Å². The van der Waals surface area contributed by atoms with Crippen LogP contribution in [0.4, 0.5) is 4.79 Å². The second-order valence-electron chi connectivity index (χ2n) is 4.66. The van der Waals surface area contributed by atoms with Crippen molar-refractivity contribution in [3.63, 3.8) is 0 Å². The summed E-state index contributed by atoms with van der Waals surface area (Å²) in [6.07, 6.45) is -0.368. The van der Waals surface area contributed by atoms with Crippen molar-refractivity contribution in [1.82, 2.24) is 5.32 Å². The Balaban J connectivity index is 4.06. The Morgan fingerprint density at radius 1 is 1.44 bits per heavy atom. The van der Waals surface area contributed by atoms with E-state index in [-0.39, 0.29) is 18.0 Å². The summed E-state index contributed by atoms with van der Waals surface area (Å²) in [6, 6.07) is -0.321. The molecule has 0 saturated carbocycles. The van der Waals surface area contributed by atoms with Crippen LogP contribution >= 0.6 is 0 Å². The Morgan fingerprint density at radius 3 is 2.31 bits per heavy atom. The lowest BCUT2D eigenvalue weighted by atomic mass is 10.1. The smallest absolute Gasteiger partial charge is 0.407 e. The molecule has 0 aliphatic carbocycles. The van der Waals surface area contributed by atoms with E-state index in [2.05, 4.69) is 11.9 Å². The van der Waals surface area contributed by atoms with Gasteiger partial charge in [-0.2, -0.15) is 0 Å². The summed E-state index contributed by atoms with van der Waals surface area (Å²) in [4.78, 5) is 21.8. The highest BCUT2D eigenvalue weighted by molar-refractivity contribution is 5.85. The minimum absolute atomic E-state index is 0.0589. The number of carbonyl (C=O) groups excluding carboxylic acids is 1. The normalized spacial score (nSPS) is 12.8. The third kappa shape index (κ3) is 6.86. The zero-order valence-corrected chi connectivity index (χ0v) is 10.2. The lowest BCUT2D eigenvalue weighted by molar-refractivity contribution is -0.132. The summed E-state index contributed by atoms with van der Waals surface area (Å²) in [7, 11) is 0. The van der Waals surface area contributed by atoms with E-state index < -0.39 is 17.7 Å². The highest BCUT2D eigenvalue weighted by Gasteiger charge is 2.18. The SMILES string of the molecule is C=C(C[C@@H](C)NC(=O)OC(C)(C)C)C(=O)O. The number of carboxylic acids is 1. The standard InChI is InChI=1S/C11H19NO4/c1-7(9(13)14)6-8(2)12-10(15)16-11(3,4)5/h8H,1,6H2,2-5H3,(H,12,15)(H,13,14)/t8-/m1/s1. The summed E-state index contributed by atoms with van der Waals surface area (Å²) < 4.78 is 5.02. The van der Waals surface area contributed by atoms with Crippen LogP contribution in [0.15, 0.2) is 12.2 Å². The highest BCUT2D eigenvalue weighted by Crippen LogP contribution is 2.08. The largest absolute Gasteiger partial charge is 0.478 e. The van der Waals surface area contributed by atoms with E-state index in [9.17, 15) is 9.59 Å². The molecular formula is C11H19NO4. The van der Waals surface area contributed by atoms with Crippen LogP contribution in [0.2, 0.25) is 0 Å². The van der Waals surface area contributed by atoms with E-state index in [1.54, 1.807) is 27.7 Å². The quantitative estimate of drug-likeness (QED) is 0.722. The number of aliphatic carboxylic acids is 1. The van der Waals surface area contributed by atoms with Crippen molar-refractivity contribution < 1.29 is 19.4 Å². The number of hydrogen-bond donors (Lipinski definition) is 2. The maximum Gasteiger partial charge on any atom is 0.407 e. The number of carbonyl (C=O) groups is 2. The molecule has 1 amide bonds. The third-order valence-electron chi connectivity index (χ3n) is 1.62. The molecule has 0 aromatic heterocycles. The van der Waals surface area contributed by atoms with Crippen LogP contribution in [0, 0.1) is 0 Å². The Hall–Kier alpha value is -1.52. The first-order chi connectivity index (χ1) is 7.11. The van der Waals surface area contributed by atoms with Crippen LogP contribution in [0.5, 0.6) is 0 Å². The van der Waals surface area contributed by atoms with Gasteiger partial charge in [-0.3, -0.25) is 0 Å². The monoisotopic (exact) mass is 229 g/mol. The van der Waals surface area contributed by atoms with Gasteiger partial charge in [0, 0.05) is 11.6 Å². The minimum Gasteiger partial charge on any atom is -0.478 e. The molecule has 1 atom stereocenters. The fraction of sp³-hybridized carbons (Fsp3) is 0.636. The number of carboxylic acid groups (broad SMARTS) is 1. The highest BCUT2D eigenvalue weighted by atomic mass is 16.6. The molecule has 16 heavy (non-hydrogen) atoms.